The minimum absolute atomic E-state index is 0. The summed E-state index contributed by atoms with van der Waals surface area (Å²) in [5.41, 5.74) is 0.488. The van der Waals surface area contributed by atoms with Gasteiger partial charge in [0.2, 0.25) is 0 Å². The van der Waals surface area contributed by atoms with Crippen molar-refractivity contribution in [2.24, 2.45) is 10.4 Å². The first-order valence-corrected chi connectivity index (χ1v) is 9.69. The molecule has 0 bridgehead atoms. The van der Waals surface area contributed by atoms with Crippen LogP contribution >= 0.6 is 24.0 Å². The molecule has 6 nitrogen and oxygen atoms in total. The number of guanidine groups is 1. The molecular formula is C18H33IN6. The summed E-state index contributed by atoms with van der Waals surface area (Å²) in [6.07, 6.45) is 10.1. The van der Waals surface area contributed by atoms with Crippen LogP contribution in [0.15, 0.2) is 4.99 Å². The van der Waals surface area contributed by atoms with Gasteiger partial charge in [0.25, 0.3) is 0 Å². The summed E-state index contributed by atoms with van der Waals surface area (Å²) in [7, 11) is 0. The van der Waals surface area contributed by atoms with Gasteiger partial charge in [0, 0.05) is 26.1 Å². The highest BCUT2D eigenvalue weighted by Crippen LogP contribution is 2.42. The minimum atomic E-state index is 0. The van der Waals surface area contributed by atoms with E-state index in [9.17, 15) is 0 Å². The number of nitrogens with one attached hydrogen (secondary N) is 2. The van der Waals surface area contributed by atoms with Gasteiger partial charge in [0.15, 0.2) is 11.8 Å². The molecule has 1 fully saturated rings. The van der Waals surface area contributed by atoms with E-state index < -0.39 is 0 Å². The number of aryl methyl sites for hydroxylation is 1. The predicted molar refractivity (Wildman–Crippen MR) is 112 cm³/mol. The molecule has 1 saturated carbocycles. The quantitative estimate of drug-likeness (QED) is 0.389. The highest BCUT2D eigenvalue weighted by atomic mass is 127. The second kappa shape index (κ2) is 9.73. The van der Waals surface area contributed by atoms with Gasteiger partial charge < -0.3 is 15.2 Å². The number of hydrogen-bond acceptors (Lipinski definition) is 3. The topological polar surface area (TPSA) is 67.1 Å². The van der Waals surface area contributed by atoms with Crippen molar-refractivity contribution >= 4 is 29.9 Å². The van der Waals surface area contributed by atoms with E-state index in [0.29, 0.717) is 12.0 Å². The maximum atomic E-state index is 4.76. The lowest BCUT2D eigenvalue weighted by Crippen LogP contribution is -2.46. The average molecular weight is 460 g/mol. The first-order chi connectivity index (χ1) is 11.8. The lowest BCUT2D eigenvalue weighted by atomic mass is 9.67. The van der Waals surface area contributed by atoms with Crippen LogP contribution in [0.3, 0.4) is 0 Å². The van der Waals surface area contributed by atoms with Crippen LogP contribution in [0.5, 0.6) is 0 Å². The van der Waals surface area contributed by atoms with Gasteiger partial charge in [-0.1, -0.05) is 19.8 Å². The van der Waals surface area contributed by atoms with Crippen LogP contribution < -0.4 is 10.6 Å². The zero-order chi connectivity index (χ0) is 16.8. The highest BCUT2D eigenvalue weighted by molar-refractivity contribution is 14.0. The molecule has 0 saturated heterocycles. The fraction of sp³-hybridized carbons (Fsp3) is 0.833. The molecule has 1 aliphatic carbocycles. The van der Waals surface area contributed by atoms with Crippen LogP contribution in [0.25, 0.3) is 0 Å². The molecule has 0 amide bonds. The second-order valence-electron chi connectivity index (χ2n) is 7.25. The Bertz CT molecular complexity index is 558. The predicted octanol–water partition coefficient (Wildman–Crippen LogP) is 3.26. The summed E-state index contributed by atoms with van der Waals surface area (Å²) in [5.74, 6) is 3.04. The van der Waals surface area contributed by atoms with Gasteiger partial charge in [-0.05, 0) is 44.4 Å². The summed E-state index contributed by atoms with van der Waals surface area (Å²) in [6, 6.07) is 0. The van der Waals surface area contributed by atoms with Crippen molar-refractivity contribution in [2.75, 3.05) is 13.1 Å². The molecule has 1 aliphatic heterocycles. The smallest absolute Gasteiger partial charge is 0.191 e. The van der Waals surface area contributed by atoms with Crippen LogP contribution in [-0.4, -0.2) is 33.8 Å². The number of aliphatic imine (C=N–C) groups is 1. The Kier molecular flexibility index (Phi) is 7.96. The van der Waals surface area contributed by atoms with E-state index in [1.807, 2.05) is 0 Å². The number of hydrogen-bond donors (Lipinski definition) is 2. The Hall–Kier alpha value is -0.860. The molecule has 2 heterocycles. The molecule has 3 rings (SSSR count). The molecule has 2 aliphatic rings. The van der Waals surface area contributed by atoms with Gasteiger partial charge in [-0.15, -0.1) is 34.2 Å². The van der Waals surface area contributed by atoms with Gasteiger partial charge >= 0.3 is 0 Å². The molecule has 0 aromatic carbocycles. The molecule has 1 aromatic heterocycles. The van der Waals surface area contributed by atoms with Gasteiger partial charge in [0.1, 0.15) is 12.4 Å². The van der Waals surface area contributed by atoms with Crippen molar-refractivity contribution in [3.05, 3.63) is 11.6 Å². The minimum Gasteiger partial charge on any atom is -0.357 e. The Morgan fingerprint density at radius 1 is 1.12 bits per heavy atom. The van der Waals surface area contributed by atoms with Crippen LogP contribution in [0.1, 0.15) is 70.4 Å². The molecule has 25 heavy (non-hydrogen) atoms. The van der Waals surface area contributed by atoms with Crippen molar-refractivity contribution in [1.29, 1.82) is 0 Å². The van der Waals surface area contributed by atoms with Crippen molar-refractivity contribution < 1.29 is 0 Å². The van der Waals surface area contributed by atoms with Gasteiger partial charge in [-0.25, -0.2) is 4.99 Å². The first kappa shape index (κ1) is 20.5. The van der Waals surface area contributed by atoms with E-state index in [1.54, 1.807) is 0 Å². The molecule has 142 valence electrons. The molecule has 0 atom stereocenters. The fourth-order valence-corrected chi connectivity index (χ4v) is 3.76. The average Bonchev–Trinajstić information content (AvgIpc) is 2.78. The fourth-order valence-electron chi connectivity index (χ4n) is 3.76. The molecule has 7 heteroatoms. The number of nitrogens with zero attached hydrogens (tertiary/aromatic N) is 4. The van der Waals surface area contributed by atoms with Crippen molar-refractivity contribution in [3.63, 3.8) is 0 Å². The van der Waals surface area contributed by atoms with Gasteiger partial charge in [-0.2, -0.15) is 0 Å². The van der Waals surface area contributed by atoms with Crippen molar-refractivity contribution in [1.82, 2.24) is 25.4 Å². The lowest BCUT2D eigenvalue weighted by Gasteiger charge is -2.41. The van der Waals surface area contributed by atoms with Crippen molar-refractivity contribution in [3.8, 4) is 0 Å². The maximum Gasteiger partial charge on any atom is 0.191 e. The van der Waals surface area contributed by atoms with Gasteiger partial charge in [0.05, 0.1) is 0 Å². The summed E-state index contributed by atoms with van der Waals surface area (Å²) >= 11 is 0. The molecule has 1 aromatic rings. The Balaban J connectivity index is 0.00000225. The standard InChI is InChI=1S/C18H32N6.HI/c1-3-18(10-8-11-18)14-21-17(19-4-2)20-13-16-23-22-15-9-6-5-7-12-24(15)16;/h3-14H2,1-2H3,(H2,19,20,21);1H. The monoisotopic (exact) mass is 460 g/mol. The number of rotatable bonds is 6. The van der Waals surface area contributed by atoms with Gasteiger partial charge in [-0.3, -0.25) is 0 Å². The first-order valence-electron chi connectivity index (χ1n) is 9.69. The summed E-state index contributed by atoms with van der Waals surface area (Å²) in [5, 5.41) is 15.7. The third-order valence-corrected chi connectivity index (χ3v) is 5.70. The van der Waals surface area contributed by atoms with E-state index in [4.69, 9.17) is 4.99 Å². The van der Waals surface area contributed by atoms with E-state index in [0.717, 1.165) is 43.7 Å². The summed E-state index contributed by atoms with van der Waals surface area (Å²) in [4.78, 5) is 4.76. The largest absolute Gasteiger partial charge is 0.357 e. The number of halogens is 1. The third kappa shape index (κ3) is 5.08. The molecule has 0 unspecified atom stereocenters. The highest BCUT2D eigenvalue weighted by Gasteiger charge is 2.34. The Labute approximate surface area is 168 Å². The normalized spacial score (nSPS) is 19.2. The SMILES string of the molecule is CCNC(=NCc1nnc2n1CCCCC2)NCC1(CC)CCC1.I. The lowest BCUT2D eigenvalue weighted by molar-refractivity contribution is 0.131. The molecule has 2 N–H and O–H groups in total. The van der Waals surface area contributed by atoms with Crippen LogP contribution in [-0.2, 0) is 19.5 Å². The third-order valence-electron chi connectivity index (χ3n) is 5.70. The Morgan fingerprint density at radius 2 is 1.96 bits per heavy atom. The molecule has 0 spiro atoms. The second-order valence-corrected chi connectivity index (χ2v) is 7.25. The summed E-state index contributed by atoms with van der Waals surface area (Å²) < 4.78 is 2.28. The molecular weight excluding hydrogens is 427 g/mol. The van der Waals surface area contributed by atoms with E-state index in [2.05, 4.69) is 39.2 Å². The van der Waals surface area contributed by atoms with Crippen molar-refractivity contribution in [2.45, 2.75) is 78.3 Å². The zero-order valence-electron chi connectivity index (χ0n) is 15.7. The number of aromatic nitrogens is 3. The summed E-state index contributed by atoms with van der Waals surface area (Å²) in [6.45, 7) is 7.95. The van der Waals surface area contributed by atoms with E-state index >= 15 is 0 Å². The zero-order valence-corrected chi connectivity index (χ0v) is 18.0. The van der Waals surface area contributed by atoms with Crippen LogP contribution in [0.4, 0.5) is 0 Å². The van der Waals surface area contributed by atoms with E-state index in [-0.39, 0.29) is 24.0 Å². The Morgan fingerprint density at radius 3 is 2.64 bits per heavy atom. The van der Waals surface area contributed by atoms with E-state index in [1.165, 1.54) is 44.9 Å². The molecule has 0 radical (unpaired) electrons. The van der Waals surface area contributed by atoms with Crippen LogP contribution in [0, 0.1) is 5.41 Å². The number of fused-ring (bicyclic) bond motifs is 1. The van der Waals surface area contributed by atoms with Crippen LogP contribution in [0.2, 0.25) is 0 Å². The maximum absolute atomic E-state index is 4.76.